The first-order valence-corrected chi connectivity index (χ1v) is 11.0. The van der Waals surface area contributed by atoms with Gasteiger partial charge in [-0.15, -0.1) is 0 Å². The molecule has 1 saturated heterocycles. The van der Waals surface area contributed by atoms with Crippen LogP contribution >= 0.6 is 0 Å². The molecule has 2 N–H and O–H groups in total. The Kier molecular flexibility index (Phi) is 6.07. The van der Waals surface area contributed by atoms with Gasteiger partial charge in [-0.25, -0.2) is 19.7 Å². The third-order valence-electron chi connectivity index (χ3n) is 5.97. The second-order valence-corrected chi connectivity index (χ2v) is 8.56. The summed E-state index contributed by atoms with van der Waals surface area (Å²) in [6.45, 7) is 5.17. The Hall–Kier alpha value is -2.82. The average molecular weight is 411 g/mol. The summed E-state index contributed by atoms with van der Waals surface area (Å²) in [5, 5.41) is 0. The average Bonchev–Trinajstić information content (AvgIpc) is 3.37. The predicted molar refractivity (Wildman–Crippen MR) is 115 cm³/mol. The minimum atomic E-state index is -0.217. The number of nitrogens with zero attached hydrogens (tertiary/aromatic N) is 5. The van der Waals surface area contributed by atoms with Crippen molar-refractivity contribution in [2.75, 3.05) is 18.8 Å². The van der Waals surface area contributed by atoms with Gasteiger partial charge < -0.3 is 19.9 Å². The van der Waals surface area contributed by atoms with Crippen LogP contribution in [0.25, 0.3) is 11.2 Å². The van der Waals surface area contributed by atoms with Crippen molar-refractivity contribution in [1.29, 1.82) is 0 Å². The van der Waals surface area contributed by atoms with E-state index in [0.29, 0.717) is 42.2 Å². The van der Waals surface area contributed by atoms with Crippen LogP contribution in [0.1, 0.15) is 70.7 Å². The first-order chi connectivity index (χ1) is 14.5. The highest BCUT2D eigenvalue weighted by Gasteiger charge is 2.24. The number of hydrogen-bond donors (Lipinski definition) is 1. The molecule has 8 heteroatoms. The van der Waals surface area contributed by atoms with Crippen LogP contribution in [0.2, 0.25) is 0 Å². The van der Waals surface area contributed by atoms with Crippen molar-refractivity contribution in [3.8, 4) is 11.8 Å². The van der Waals surface area contributed by atoms with Crippen molar-refractivity contribution < 1.29 is 9.53 Å². The van der Waals surface area contributed by atoms with E-state index >= 15 is 0 Å². The van der Waals surface area contributed by atoms with Crippen LogP contribution in [0.4, 0.5) is 10.6 Å². The molecule has 1 amide bonds. The molecule has 2 fully saturated rings. The predicted octanol–water partition coefficient (Wildman–Crippen LogP) is 3.52. The second-order valence-electron chi connectivity index (χ2n) is 8.56. The Morgan fingerprint density at radius 3 is 2.67 bits per heavy atom. The Morgan fingerprint density at radius 2 is 1.97 bits per heavy atom. The number of anilines is 1. The van der Waals surface area contributed by atoms with E-state index in [1.807, 2.05) is 20.2 Å². The van der Waals surface area contributed by atoms with Gasteiger partial charge in [-0.3, -0.25) is 0 Å². The van der Waals surface area contributed by atoms with E-state index in [0.717, 1.165) is 37.8 Å². The molecule has 0 unspecified atom stereocenters. The summed E-state index contributed by atoms with van der Waals surface area (Å²) in [5.74, 6) is 7.63. The minimum absolute atomic E-state index is 0.0872. The first-order valence-electron chi connectivity index (χ1n) is 11.0. The molecule has 30 heavy (non-hydrogen) atoms. The zero-order valence-corrected chi connectivity index (χ0v) is 17.8. The number of likely N-dealkylation sites (tertiary alicyclic amines) is 1. The van der Waals surface area contributed by atoms with Crippen LogP contribution in [0.5, 0.6) is 0 Å². The molecule has 1 aliphatic heterocycles. The van der Waals surface area contributed by atoms with Crippen molar-refractivity contribution in [3.63, 3.8) is 0 Å². The lowest BCUT2D eigenvalue weighted by Crippen LogP contribution is -2.39. The molecule has 2 aromatic rings. The normalized spacial score (nSPS) is 18.0. The zero-order chi connectivity index (χ0) is 21.1. The third kappa shape index (κ3) is 4.50. The molecule has 2 aliphatic rings. The van der Waals surface area contributed by atoms with Gasteiger partial charge in [0, 0.05) is 25.6 Å². The molecule has 0 spiro atoms. The maximum absolute atomic E-state index is 12.0. The van der Waals surface area contributed by atoms with Gasteiger partial charge in [-0.05, 0) is 51.4 Å². The number of carbonyl (C=O) groups excluding carboxylic acids is 1. The molecule has 4 rings (SSSR count). The number of rotatable bonds is 3. The highest BCUT2D eigenvalue weighted by atomic mass is 16.6. The molecule has 8 nitrogen and oxygen atoms in total. The van der Waals surface area contributed by atoms with Gasteiger partial charge in [0.1, 0.15) is 5.52 Å². The molecular formula is C22H30N6O2. The van der Waals surface area contributed by atoms with Crippen molar-refractivity contribution in [3.05, 3.63) is 12.2 Å². The number of piperidine rings is 1. The molecule has 2 aromatic heterocycles. The van der Waals surface area contributed by atoms with Gasteiger partial charge in [0.05, 0.1) is 12.4 Å². The highest BCUT2D eigenvalue weighted by molar-refractivity contribution is 5.82. The number of fused-ring (bicyclic) bond motifs is 1. The number of nitrogen functional groups attached to an aromatic ring is 1. The van der Waals surface area contributed by atoms with Crippen LogP contribution in [0.3, 0.4) is 0 Å². The zero-order valence-electron chi connectivity index (χ0n) is 17.8. The molecule has 0 aromatic carbocycles. The number of hydrogen-bond acceptors (Lipinski definition) is 6. The summed E-state index contributed by atoms with van der Waals surface area (Å²) in [4.78, 5) is 27.2. The fourth-order valence-corrected chi connectivity index (χ4v) is 4.31. The summed E-state index contributed by atoms with van der Waals surface area (Å²) >= 11 is 0. The SMILES string of the molecule is CC(C)OC(=O)N1CCC(CC#Cc2nc(N)c3ncn(C4CCCC4)c3n2)CC1. The number of nitrogens with two attached hydrogens (primary N) is 1. The van der Waals surface area contributed by atoms with E-state index in [-0.39, 0.29) is 12.2 Å². The number of ether oxygens (including phenoxy) is 1. The fourth-order valence-electron chi connectivity index (χ4n) is 4.31. The Labute approximate surface area is 177 Å². The first kappa shape index (κ1) is 20.5. The maximum Gasteiger partial charge on any atom is 0.410 e. The van der Waals surface area contributed by atoms with E-state index in [1.165, 1.54) is 12.8 Å². The number of imidazole rings is 1. The van der Waals surface area contributed by atoms with Gasteiger partial charge >= 0.3 is 6.09 Å². The van der Waals surface area contributed by atoms with Crippen molar-refractivity contribution in [2.24, 2.45) is 5.92 Å². The van der Waals surface area contributed by atoms with Gasteiger partial charge in [0.25, 0.3) is 0 Å². The van der Waals surface area contributed by atoms with E-state index in [2.05, 4.69) is 31.4 Å². The summed E-state index contributed by atoms with van der Waals surface area (Å²) < 4.78 is 7.41. The summed E-state index contributed by atoms with van der Waals surface area (Å²) in [5.41, 5.74) is 7.57. The van der Waals surface area contributed by atoms with Gasteiger partial charge in [0.2, 0.25) is 5.82 Å². The van der Waals surface area contributed by atoms with E-state index < -0.39 is 0 Å². The molecule has 0 atom stereocenters. The van der Waals surface area contributed by atoms with E-state index in [9.17, 15) is 4.79 Å². The van der Waals surface area contributed by atoms with Crippen LogP contribution in [-0.2, 0) is 4.74 Å². The Bertz CT molecular complexity index is 959. The Morgan fingerprint density at radius 1 is 1.23 bits per heavy atom. The van der Waals surface area contributed by atoms with Gasteiger partial charge in [-0.1, -0.05) is 18.8 Å². The minimum Gasteiger partial charge on any atom is -0.447 e. The van der Waals surface area contributed by atoms with Gasteiger partial charge in [0.15, 0.2) is 11.5 Å². The van der Waals surface area contributed by atoms with Gasteiger partial charge in [-0.2, -0.15) is 0 Å². The summed E-state index contributed by atoms with van der Waals surface area (Å²) in [7, 11) is 0. The molecule has 1 aliphatic carbocycles. The van der Waals surface area contributed by atoms with Crippen LogP contribution in [0.15, 0.2) is 6.33 Å². The topological polar surface area (TPSA) is 99.2 Å². The van der Waals surface area contributed by atoms with Crippen LogP contribution in [0, 0.1) is 17.8 Å². The summed E-state index contributed by atoms with van der Waals surface area (Å²) in [6, 6.07) is 0.442. The quantitative estimate of drug-likeness (QED) is 0.777. The second kappa shape index (κ2) is 8.90. The van der Waals surface area contributed by atoms with E-state index in [4.69, 9.17) is 10.5 Å². The lowest BCUT2D eigenvalue weighted by Gasteiger charge is -2.31. The van der Waals surface area contributed by atoms with Crippen molar-refractivity contribution >= 4 is 23.1 Å². The Balaban J connectivity index is 1.39. The molecule has 0 bridgehead atoms. The van der Waals surface area contributed by atoms with E-state index in [1.54, 1.807) is 4.90 Å². The largest absolute Gasteiger partial charge is 0.447 e. The molecule has 160 valence electrons. The molecule has 3 heterocycles. The van der Waals surface area contributed by atoms with Crippen LogP contribution < -0.4 is 5.73 Å². The summed E-state index contributed by atoms with van der Waals surface area (Å²) in [6.07, 6.45) is 8.94. The molecule has 0 radical (unpaired) electrons. The monoisotopic (exact) mass is 410 g/mol. The lowest BCUT2D eigenvalue weighted by atomic mass is 9.94. The molecule has 1 saturated carbocycles. The van der Waals surface area contributed by atoms with Crippen LogP contribution in [-0.4, -0.2) is 49.7 Å². The van der Waals surface area contributed by atoms with Crippen molar-refractivity contribution in [1.82, 2.24) is 24.4 Å². The molecular weight excluding hydrogens is 380 g/mol. The number of aromatic nitrogens is 4. The third-order valence-corrected chi connectivity index (χ3v) is 5.97. The lowest BCUT2D eigenvalue weighted by molar-refractivity contribution is 0.0657. The smallest absolute Gasteiger partial charge is 0.410 e. The van der Waals surface area contributed by atoms with Crippen molar-refractivity contribution in [2.45, 2.75) is 70.9 Å². The fraction of sp³-hybridized carbons (Fsp3) is 0.636. The number of amides is 1. The maximum atomic E-state index is 12.0. The highest BCUT2D eigenvalue weighted by Crippen LogP contribution is 2.32. The standard InChI is InChI=1S/C22H30N6O2/c1-15(2)30-22(29)27-12-10-16(11-13-27)6-5-9-18-25-20(23)19-21(26-18)28(14-24-19)17-7-3-4-8-17/h14-17H,3-4,6-8,10-13H2,1-2H3,(H2,23,25,26). The number of carbonyl (C=O) groups is 1.